The van der Waals surface area contributed by atoms with Crippen LogP contribution in [-0.2, 0) is 12.8 Å². The zero-order chi connectivity index (χ0) is 16.7. The van der Waals surface area contributed by atoms with Crippen molar-refractivity contribution in [2.24, 2.45) is 0 Å². The van der Waals surface area contributed by atoms with Crippen LogP contribution in [0.15, 0.2) is 46.0 Å². The maximum atomic E-state index is 12.5. The van der Waals surface area contributed by atoms with Crippen LogP contribution in [0.1, 0.15) is 24.0 Å². The SMILES string of the molecule is CNc1cccc(-n2c(=O)c(=O)[nH]c3c4c(ccc32)CCCC4)c1.Cl. The molecule has 25 heavy (non-hydrogen) atoms. The van der Waals surface area contributed by atoms with E-state index in [1.165, 1.54) is 22.1 Å². The number of hydrogen-bond donors (Lipinski definition) is 2. The Kier molecular flexibility index (Phi) is 4.68. The van der Waals surface area contributed by atoms with Crippen LogP contribution in [0.5, 0.6) is 0 Å². The molecule has 1 aromatic heterocycles. The molecule has 0 atom stereocenters. The monoisotopic (exact) mass is 357 g/mol. The third-order valence-electron chi connectivity index (χ3n) is 4.78. The van der Waals surface area contributed by atoms with Gasteiger partial charge in [-0.05, 0) is 61.1 Å². The van der Waals surface area contributed by atoms with Crippen molar-refractivity contribution in [3.05, 3.63) is 68.2 Å². The molecule has 0 unspecified atom stereocenters. The van der Waals surface area contributed by atoms with E-state index in [2.05, 4.69) is 16.4 Å². The van der Waals surface area contributed by atoms with E-state index in [4.69, 9.17) is 0 Å². The summed E-state index contributed by atoms with van der Waals surface area (Å²) in [5.74, 6) is 0. The number of fused-ring (bicyclic) bond motifs is 3. The molecule has 6 heteroatoms. The zero-order valence-electron chi connectivity index (χ0n) is 14.0. The molecule has 0 fully saturated rings. The minimum Gasteiger partial charge on any atom is -0.388 e. The standard InChI is InChI=1S/C19H19N3O2.ClH/c1-20-13-6-4-7-14(11-13)22-16-10-9-12-5-2-3-8-15(12)17(16)21-18(23)19(22)24;/h4,6-7,9-11,20H,2-3,5,8H2,1H3,(H,21,23);1H. The fourth-order valence-electron chi connectivity index (χ4n) is 3.58. The number of rotatable bonds is 2. The van der Waals surface area contributed by atoms with Crippen molar-refractivity contribution in [2.45, 2.75) is 25.7 Å². The highest BCUT2D eigenvalue weighted by molar-refractivity contribution is 5.85. The molecule has 0 aliphatic heterocycles. The highest BCUT2D eigenvalue weighted by Gasteiger charge is 2.17. The first-order chi connectivity index (χ1) is 11.7. The van der Waals surface area contributed by atoms with E-state index >= 15 is 0 Å². The van der Waals surface area contributed by atoms with Gasteiger partial charge in [-0.25, -0.2) is 0 Å². The Balaban J connectivity index is 0.00000182. The van der Waals surface area contributed by atoms with E-state index in [1.54, 1.807) is 0 Å². The van der Waals surface area contributed by atoms with Gasteiger partial charge in [-0.2, -0.15) is 0 Å². The number of aryl methyl sites for hydroxylation is 2. The third kappa shape index (κ3) is 2.85. The molecule has 0 spiro atoms. The number of aromatic nitrogens is 2. The molecular formula is C19H20ClN3O2. The predicted molar refractivity (Wildman–Crippen MR) is 104 cm³/mol. The maximum absolute atomic E-state index is 12.5. The average molecular weight is 358 g/mol. The number of anilines is 1. The molecule has 2 aromatic carbocycles. The van der Waals surface area contributed by atoms with Crippen LogP contribution >= 0.6 is 12.4 Å². The number of benzene rings is 2. The molecule has 2 N–H and O–H groups in total. The first-order valence-electron chi connectivity index (χ1n) is 8.27. The van der Waals surface area contributed by atoms with Gasteiger partial charge in [0.25, 0.3) is 0 Å². The lowest BCUT2D eigenvalue weighted by Crippen LogP contribution is -2.36. The van der Waals surface area contributed by atoms with Gasteiger partial charge < -0.3 is 10.3 Å². The third-order valence-corrected chi connectivity index (χ3v) is 4.78. The summed E-state index contributed by atoms with van der Waals surface area (Å²) in [5.41, 5.74) is 4.47. The Morgan fingerprint density at radius 3 is 2.68 bits per heavy atom. The van der Waals surface area contributed by atoms with Gasteiger partial charge >= 0.3 is 11.1 Å². The Hall–Kier alpha value is -2.53. The topological polar surface area (TPSA) is 66.9 Å². The van der Waals surface area contributed by atoms with Gasteiger partial charge in [0.05, 0.1) is 16.7 Å². The lowest BCUT2D eigenvalue weighted by molar-refractivity contribution is 0.688. The second-order valence-electron chi connectivity index (χ2n) is 6.20. The molecule has 0 bridgehead atoms. The predicted octanol–water partition coefficient (Wildman–Crippen LogP) is 3.02. The second-order valence-corrected chi connectivity index (χ2v) is 6.20. The Bertz CT molecular complexity index is 1050. The lowest BCUT2D eigenvalue weighted by atomic mass is 9.90. The van der Waals surface area contributed by atoms with Crippen LogP contribution in [0.25, 0.3) is 16.7 Å². The first kappa shape index (κ1) is 17.3. The van der Waals surface area contributed by atoms with Crippen LogP contribution < -0.4 is 16.4 Å². The number of hydrogen-bond acceptors (Lipinski definition) is 3. The molecular weight excluding hydrogens is 338 g/mol. The molecule has 0 saturated carbocycles. The van der Waals surface area contributed by atoms with Crippen molar-refractivity contribution in [1.82, 2.24) is 9.55 Å². The zero-order valence-corrected chi connectivity index (χ0v) is 14.8. The van der Waals surface area contributed by atoms with Crippen LogP contribution in [0.3, 0.4) is 0 Å². The minimum absolute atomic E-state index is 0. The average Bonchev–Trinajstić information content (AvgIpc) is 2.63. The van der Waals surface area contributed by atoms with Gasteiger partial charge in [0.15, 0.2) is 0 Å². The summed E-state index contributed by atoms with van der Waals surface area (Å²) in [5, 5.41) is 3.07. The Morgan fingerprint density at radius 2 is 1.88 bits per heavy atom. The molecule has 1 aliphatic rings. The normalized spacial score (nSPS) is 13.2. The first-order valence-corrected chi connectivity index (χ1v) is 8.27. The molecule has 0 radical (unpaired) electrons. The van der Waals surface area contributed by atoms with Gasteiger partial charge in [-0.1, -0.05) is 12.1 Å². The van der Waals surface area contributed by atoms with Gasteiger partial charge in [0.1, 0.15) is 0 Å². The van der Waals surface area contributed by atoms with E-state index in [1.807, 2.05) is 37.4 Å². The summed E-state index contributed by atoms with van der Waals surface area (Å²) in [6.45, 7) is 0. The quantitative estimate of drug-likeness (QED) is 0.693. The van der Waals surface area contributed by atoms with Crippen molar-refractivity contribution in [3.63, 3.8) is 0 Å². The van der Waals surface area contributed by atoms with E-state index in [9.17, 15) is 9.59 Å². The summed E-state index contributed by atoms with van der Waals surface area (Å²) < 4.78 is 1.52. The van der Waals surface area contributed by atoms with Gasteiger partial charge in [-0.15, -0.1) is 12.4 Å². The molecule has 4 rings (SSSR count). The van der Waals surface area contributed by atoms with Crippen molar-refractivity contribution in [2.75, 3.05) is 12.4 Å². The van der Waals surface area contributed by atoms with Crippen molar-refractivity contribution in [1.29, 1.82) is 0 Å². The second kappa shape index (κ2) is 6.76. The van der Waals surface area contributed by atoms with Gasteiger partial charge in [0.2, 0.25) is 0 Å². The van der Waals surface area contributed by atoms with E-state index in [0.29, 0.717) is 5.69 Å². The van der Waals surface area contributed by atoms with E-state index in [-0.39, 0.29) is 12.4 Å². The molecule has 3 aromatic rings. The van der Waals surface area contributed by atoms with Crippen LogP contribution in [0, 0.1) is 0 Å². The molecule has 130 valence electrons. The number of nitrogens with zero attached hydrogens (tertiary/aromatic N) is 1. The fraction of sp³-hybridized carbons (Fsp3) is 0.263. The molecule has 0 amide bonds. The lowest BCUT2D eigenvalue weighted by Gasteiger charge is -2.19. The molecule has 5 nitrogen and oxygen atoms in total. The summed E-state index contributed by atoms with van der Waals surface area (Å²) in [4.78, 5) is 27.6. The van der Waals surface area contributed by atoms with Crippen LogP contribution in [-0.4, -0.2) is 16.6 Å². The smallest absolute Gasteiger partial charge is 0.321 e. The molecule has 1 heterocycles. The maximum Gasteiger partial charge on any atom is 0.321 e. The van der Waals surface area contributed by atoms with Gasteiger partial charge in [0, 0.05) is 12.7 Å². The van der Waals surface area contributed by atoms with Crippen LogP contribution in [0.4, 0.5) is 5.69 Å². The Morgan fingerprint density at radius 1 is 1.08 bits per heavy atom. The largest absolute Gasteiger partial charge is 0.388 e. The highest BCUT2D eigenvalue weighted by Crippen LogP contribution is 2.28. The number of H-pyrrole nitrogens is 1. The van der Waals surface area contributed by atoms with Gasteiger partial charge in [-0.3, -0.25) is 14.2 Å². The highest BCUT2D eigenvalue weighted by atomic mass is 35.5. The van der Waals surface area contributed by atoms with E-state index in [0.717, 1.165) is 36.0 Å². The number of aromatic amines is 1. The van der Waals surface area contributed by atoms with Crippen molar-refractivity contribution in [3.8, 4) is 5.69 Å². The summed E-state index contributed by atoms with van der Waals surface area (Å²) in [7, 11) is 1.83. The summed E-state index contributed by atoms with van der Waals surface area (Å²) >= 11 is 0. The van der Waals surface area contributed by atoms with Crippen molar-refractivity contribution < 1.29 is 0 Å². The molecule has 1 aliphatic carbocycles. The minimum atomic E-state index is -0.573. The van der Waals surface area contributed by atoms with Crippen molar-refractivity contribution >= 4 is 29.1 Å². The van der Waals surface area contributed by atoms with E-state index < -0.39 is 11.1 Å². The summed E-state index contributed by atoms with van der Waals surface area (Å²) in [6, 6.07) is 11.6. The molecule has 0 saturated heterocycles. The number of nitrogens with one attached hydrogen (secondary N) is 2. The van der Waals surface area contributed by atoms with Crippen LogP contribution in [0.2, 0.25) is 0 Å². The fourth-order valence-corrected chi connectivity index (χ4v) is 3.58. The summed E-state index contributed by atoms with van der Waals surface area (Å²) in [6.07, 6.45) is 4.26. The number of halogens is 1. The Labute approximate surface area is 151 Å².